The summed E-state index contributed by atoms with van der Waals surface area (Å²) in [6, 6.07) is 15.3. The lowest BCUT2D eigenvalue weighted by Gasteiger charge is -2.12. The highest BCUT2D eigenvalue weighted by Crippen LogP contribution is 2.24. The van der Waals surface area contributed by atoms with Crippen LogP contribution in [0.1, 0.15) is 12.5 Å². The fourth-order valence-electron chi connectivity index (χ4n) is 1.68. The third kappa shape index (κ3) is 4.03. The van der Waals surface area contributed by atoms with Gasteiger partial charge in [-0.1, -0.05) is 17.7 Å². The number of nitrogen functional groups attached to an aromatic ring is 1. The standard InChI is InChI=1S/C16H18N2OS/c1-11-3-9-15(10-4-11)20-12(2)16(19)18-14-7-5-13(17)6-8-14/h3-10,12H,17H2,1-2H3,(H,18,19). The van der Waals surface area contributed by atoms with E-state index in [1.54, 1.807) is 36.0 Å². The quantitative estimate of drug-likeness (QED) is 0.665. The smallest absolute Gasteiger partial charge is 0.237 e. The number of rotatable bonds is 4. The number of thioether (sulfide) groups is 1. The summed E-state index contributed by atoms with van der Waals surface area (Å²) in [5.74, 6) is -0.0136. The van der Waals surface area contributed by atoms with Crippen LogP contribution in [0.2, 0.25) is 0 Å². The van der Waals surface area contributed by atoms with E-state index in [1.165, 1.54) is 5.56 Å². The molecular formula is C16H18N2OS. The number of anilines is 2. The molecule has 0 aliphatic carbocycles. The van der Waals surface area contributed by atoms with Crippen LogP contribution in [0.4, 0.5) is 11.4 Å². The summed E-state index contributed by atoms with van der Waals surface area (Å²) < 4.78 is 0. The maximum absolute atomic E-state index is 12.1. The highest BCUT2D eigenvalue weighted by Gasteiger charge is 2.14. The van der Waals surface area contributed by atoms with Gasteiger partial charge < -0.3 is 11.1 Å². The van der Waals surface area contributed by atoms with Gasteiger partial charge >= 0.3 is 0 Å². The molecule has 4 heteroatoms. The van der Waals surface area contributed by atoms with Crippen LogP contribution in [0.5, 0.6) is 0 Å². The van der Waals surface area contributed by atoms with Gasteiger partial charge in [-0.05, 0) is 50.2 Å². The maximum atomic E-state index is 12.1. The Bertz CT molecular complexity index is 578. The zero-order valence-corrected chi connectivity index (χ0v) is 12.4. The normalized spacial score (nSPS) is 11.9. The summed E-state index contributed by atoms with van der Waals surface area (Å²) >= 11 is 1.55. The number of nitrogens with two attached hydrogens (primary N) is 1. The van der Waals surface area contributed by atoms with Crippen molar-refractivity contribution in [1.29, 1.82) is 0 Å². The topological polar surface area (TPSA) is 55.1 Å². The molecule has 0 saturated heterocycles. The molecule has 20 heavy (non-hydrogen) atoms. The van der Waals surface area contributed by atoms with Gasteiger partial charge in [0.2, 0.25) is 5.91 Å². The number of amides is 1. The molecule has 0 radical (unpaired) electrons. The number of nitrogens with one attached hydrogen (secondary N) is 1. The van der Waals surface area contributed by atoms with E-state index >= 15 is 0 Å². The van der Waals surface area contributed by atoms with E-state index in [1.807, 2.05) is 38.1 Å². The number of benzene rings is 2. The Morgan fingerprint density at radius 2 is 1.70 bits per heavy atom. The fraction of sp³-hybridized carbons (Fsp3) is 0.188. The number of carbonyl (C=O) groups excluding carboxylic acids is 1. The van der Waals surface area contributed by atoms with Crippen molar-refractivity contribution < 1.29 is 4.79 Å². The number of hydrogen-bond acceptors (Lipinski definition) is 3. The van der Waals surface area contributed by atoms with Crippen molar-refractivity contribution in [2.24, 2.45) is 0 Å². The summed E-state index contributed by atoms with van der Waals surface area (Å²) in [6.45, 7) is 3.95. The number of aryl methyl sites for hydroxylation is 1. The second kappa shape index (κ2) is 6.48. The molecule has 0 aromatic heterocycles. The molecule has 2 aromatic carbocycles. The first-order chi connectivity index (χ1) is 9.54. The molecule has 2 rings (SSSR count). The van der Waals surface area contributed by atoms with Gasteiger partial charge in [-0.25, -0.2) is 0 Å². The minimum absolute atomic E-state index is 0.0136. The monoisotopic (exact) mass is 286 g/mol. The predicted octanol–water partition coefficient (Wildman–Crippen LogP) is 3.70. The minimum Gasteiger partial charge on any atom is -0.399 e. The minimum atomic E-state index is -0.157. The third-order valence-corrected chi connectivity index (χ3v) is 3.99. The average Bonchev–Trinajstić information content (AvgIpc) is 2.44. The van der Waals surface area contributed by atoms with Crippen molar-refractivity contribution in [1.82, 2.24) is 0 Å². The first-order valence-electron chi connectivity index (χ1n) is 6.44. The fourth-order valence-corrected chi connectivity index (χ4v) is 2.55. The summed E-state index contributed by atoms with van der Waals surface area (Å²) in [4.78, 5) is 13.2. The highest BCUT2D eigenvalue weighted by molar-refractivity contribution is 8.00. The van der Waals surface area contributed by atoms with Crippen LogP contribution >= 0.6 is 11.8 Å². The van der Waals surface area contributed by atoms with Crippen LogP contribution in [0.25, 0.3) is 0 Å². The second-order valence-corrected chi connectivity index (χ2v) is 6.10. The van der Waals surface area contributed by atoms with Crippen molar-refractivity contribution in [3.63, 3.8) is 0 Å². The Morgan fingerprint density at radius 1 is 1.10 bits per heavy atom. The number of hydrogen-bond donors (Lipinski definition) is 2. The number of carbonyl (C=O) groups is 1. The van der Waals surface area contributed by atoms with Gasteiger partial charge in [-0.3, -0.25) is 4.79 Å². The van der Waals surface area contributed by atoms with E-state index in [-0.39, 0.29) is 11.2 Å². The first kappa shape index (κ1) is 14.5. The molecule has 0 heterocycles. The Morgan fingerprint density at radius 3 is 2.30 bits per heavy atom. The van der Waals surface area contributed by atoms with Crippen molar-refractivity contribution in [3.05, 3.63) is 54.1 Å². The summed E-state index contributed by atoms with van der Waals surface area (Å²) in [6.07, 6.45) is 0. The van der Waals surface area contributed by atoms with Gasteiger partial charge in [0.05, 0.1) is 5.25 Å². The largest absolute Gasteiger partial charge is 0.399 e. The molecule has 0 fully saturated rings. The summed E-state index contributed by atoms with van der Waals surface area (Å²) in [5, 5.41) is 2.73. The second-order valence-electron chi connectivity index (χ2n) is 4.68. The molecule has 0 aliphatic heterocycles. The van der Waals surface area contributed by atoms with E-state index in [0.717, 1.165) is 10.6 Å². The average molecular weight is 286 g/mol. The molecule has 0 saturated carbocycles. The van der Waals surface area contributed by atoms with Gasteiger partial charge in [0, 0.05) is 16.3 Å². The van der Waals surface area contributed by atoms with Crippen LogP contribution in [-0.2, 0) is 4.79 Å². The summed E-state index contributed by atoms with van der Waals surface area (Å²) in [5.41, 5.74) is 8.28. The highest BCUT2D eigenvalue weighted by atomic mass is 32.2. The zero-order valence-electron chi connectivity index (χ0n) is 11.6. The molecule has 0 spiro atoms. The Labute approximate surface area is 123 Å². The van der Waals surface area contributed by atoms with Crippen LogP contribution in [0.3, 0.4) is 0 Å². The zero-order chi connectivity index (χ0) is 14.5. The molecule has 3 N–H and O–H groups in total. The van der Waals surface area contributed by atoms with Crippen molar-refractivity contribution >= 4 is 29.0 Å². The SMILES string of the molecule is Cc1ccc(SC(C)C(=O)Nc2ccc(N)cc2)cc1. The van der Waals surface area contributed by atoms with E-state index in [4.69, 9.17) is 5.73 Å². The molecule has 1 unspecified atom stereocenters. The molecule has 0 aliphatic rings. The van der Waals surface area contributed by atoms with Crippen LogP contribution < -0.4 is 11.1 Å². The molecule has 0 bridgehead atoms. The lowest BCUT2D eigenvalue weighted by atomic mass is 10.2. The van der Waals surface area contributed by atoms with Gasteiger partial charge in [0.25, 0.3) is 0 Å². The van der Waals surface area contributed by atoms with Crippen molar-refractivity contribution in [2.45, 2.75) is 24.0 Å². The van der Waals surface area contributed by atoms with Crippen molar-refractivity contribution in [2.75, 3.05) is 11.1 Å². The lowest BCUT2D eigenvalue weighted by molar-refractivity contribution is -0.115. The van der Waals surface area contributed by atoms with Crippen LogP contribution in [0, 0.1) is 6.92 Å². The molecular weight excluding hydrogens is 268 g/mol. The van der Waals surface area contributed by atoms with Gasteiger partial charge in [-0.2, -0.15) is 0 Å². The lowest BCUT2D eigenvalue weighted by Crippen LogP contribution is -2.22. The van der Waals surface area contributed by atoms with Gasteiger partial charge in [-0.15, -0.1) is 11.8 Å². The predicted molar refractivity (Wildman–Crippen MR) is 86.0 cm³/mol. The summed E-state index contributed by atoms with van der Waals surface area (Å²) in [7, 11) is 0. The van der Waals surface area contributed by atoms with Crippen LogP contribution in [0.15, 0.2) is 53.4 Å². The molecule has 2 aromatic rings. The maximum Gasteiger partial charge on any atom is 0.237 e. The van der Waals surface area contributed by atoms with E-state index < -0.39 is 0 Å². The Kier molecular flexibility index (Phi) is 4.69. The first-order valence-corrected chi connectivity index (χ1v) is 7.32. The van der Waals surface area contributed by atoms with E-state index in [9.17, 15) is 4.79 Å². The molecule has 1 atom stereocenters. The third-order valence-electron chi connectivity index (χ3n) is 2.88. The van der Waals surface area contributed by atoms with E-state index in [0.29, 0.717) is 5.69 Å². The van der Waals surface area contributed by atoms with Gasteiger partial charge in [0.1, 0.15) is 0 Å². The molecule has 3 nitrogen and oxygen atoms in total. The molecule has 104 valence electrons. The molecule has 1 amide bonds. The van der Waals surface area contributed by atoms with E-state index in [2.05, 4.69) is 5.32 Å². The Balaban J connectivity index is 1.94. The van der Waals surface area contributed by atoms with Crippen molar-refractivity contribution in [3.8, 4) is 0 Å². The Hall–Kier alpha value is -1.94. The van der Waals surface area contributed by atoms with Gasteiger partial charge in [0.15, 0.2) is 0 Å². The van der Waals surface area contributed by atoms with Crippen LogP contribution in [-0.4, -0.2) is 11.2 Å².